The van der Waals surface area contributed by atoms with E-state index in [0.717, 1.165) is 15.9 Å². The smallest absolute Gasteiger partial charge is 0.275 e. The maximum absolute atomic E-state index is 13.7. The zero-order valence-corrected chi connectivity index (χ0v) is 15.2. The minimum Gasteiger partial charge on any atom is -0.494 e. The molecule has 0 N–H and O–H groups in total. The summed E-state index contributed by atoms with van der Waals surface area (Å²) in [7, 11) is 5.25. The van der Waals surface area contributed by atoms with Crippen molar-refractivity contribution in [2.45, 2.75) is 0 Å². The topological polar surface area (TPSA) is 60.2 Å². The summed E-state index contributed by atoms with van der Waals surface area (Å²) in [5.41, 5.74) is 1.84. The first-order chi connectivity index (χ1) is 12.5. The predicted octanol–water partition coefficient (Wildman–Crippen LogP) is 3.21. The predicted molar refractivity (Wildman–Crippen MR) is 101 cm³/mol. The van der Waals surface area contributed by atoms with E-state index in [4.69, 9.17) is 4.74 Å². The normalized spacial score (nSPS) is 11.2. The molecule has 0 aliphatic rings. The Morgan fingerprint density at radius 1 is 1.23 bits per heavy atom. The first-order valence-electron chi connectivity index (χ1n) is 7.81. The van der Waals surface area contributed by atoms with Gasteiger partial charge in [-0.3, -0.25) is 9.36 Å². The molecular formula is C18H15FN4O2S. The van der Waals surface area contributed by atoms with Gasteiger partial charge in [0.05, 0.1) is 29.4 Å². The molecule has 8 heteroatoms. The van der Waals surface area contributed by atoms with Crippen molar-refractivity contribution < 1.29 is 9.13 Å². The van der Waals surface area contributed by atoms with Gasteiger partial charge in [0, 0.05) is 26.4 Å². The molecule has 6 nitrogen and oxygen atoms in total. The summed E-state index contributed by atoms with van der Waals surface area (Å²) in [4.78, 5) is 24.6. The van der Waals surface area contributed by atoms with Crippen LogP contribution in [0.3, 0.4) is 0 Å². The highest BCUT2D eigenvalue weighted by Crippen LogP contribution is 2.35. The van der Waals surface area contributed by atoms with Crippen molar-refractivity contribution in [2.75, 3.05) is 26.1 Å². The van der Waals surface area contributed by atoms with E-state index < -0.39 is 5.82 Å². The second-order valence-corrected chi connectivity index (χ2v) is 6.92. The van der Waals surface area contributed by atoms with Crippen LogP contribution in [0.5, 0.6) is 5.75 Å². The molecule has 0 amide bonds. The largest absolute Gasteiger partial charge is 0.494 e. The van der Waals surface area contributed by atoms with Crippen molar-refractivity contribution >= 4 is 37.5 Å². The lowest BCUT2D eigenvalue weighted by Crippen LogP contribution is -2.18. The fraction of sp³-hybridized carbons (Fsp3) is 0.167. The maximum atomic E-state index is 13.7. The van der Waals surface area contributed by atoms with Crippen molar-refractivity contribution in [3.05, 3.63) is 53.0 Å². The highest BCUT2D eigenvalue weighted by atomic mass is 32.1. The molecule has 0 radical (unpaired) electrons. The SMILES string of the molecule is COc1cc(-n2cnc3c(sc4nccc(N(C)C)c43)c2=O)ccc1F. The molecule has 4 rings (SSSR count). The average molecular weight is 370 g/mol. The Hall–Kier alpha value is -3.00. The number of benzene rings is 1. The quantitative estimate of drug-likeness (QED) is 0.554. The van der Waals surface area contributed by atoms with Gasteiger partial charge in [-0.15, -0.1) is 11.3 Å². The summed E-state index contributed by atoms with van der Waals surface area (Å²) in [5.74, 6) is -0.414. The second kappa shape index (κ2) is 6.06. The molecule has 4 aromatic rings. The number of rotatable bonds is 3. The lowest BCUT2D eigenvalue weighted by molar-refractivity contribution is 0.386. The van der Waals surface area contributed by atoms with Crippen LogP contribution in [0, 0.1) is 5.82 Å². The molecule has 1 aromatic carbocycles. The number of methoxy groups -OCH3 is 1. The fourth-order valence-electron chi connectivity index (χ4n) is 2.89. The van der Waals surface area contributed by atoms with Gasteiger partial charge in [-0.25, -0.2) is 14.4 Å². The van der Waals surface area contributed by atoms with Gasteiger partial charge in [-0.2, -0.15) is 0 Å². The maximum Gasteiger partial charge on any atom is 0.275 e. The molecule has 132 valence electrons. The molecule has 0 saturated carbocycles. The Labute approximate surface area is 152 Å². The molecule has 0 fully saturated rings. The highest BCUT2D eigenvalue weighted by molar-refractivity contribution is 7.25. The number of hydrogen-bond acceptors (Lipinski definition) is 6. The van der Waals surface area contributed by atoms with Gasteiger partial charge in [-0.1, -0.05) is 0 Å². The number of pyridine rings is 1. The summed E-state index contributed by atoms with van der Waals surface area (Å²) in [6.07, 6.45) is 3.17. The molecule has 3 heterocycles. The van der Waals surface area contributed by atoms with Gasteiger partial charge in [0.15, 0.2) is 11.6 Å². The number of aromatic nitrogens is 3. The van der Waals surface area contributed by atoms with E-state index in [1.54, 1.807) is 6.20 Å². The van der Waals surface area contributed by atoms with E-state index in [-0.39, 0.29) is 11.3 Å². The molecule has 26 heavy (non-hydrogen) atoms. The van der Waals surface area contributed by atoms with E-state index >= 15 is 0 Å². The zero-order valence-electron chi connectivity index (χ0n) is 14.4. The monoisotopic (exact) mass is 370 g/mol. The molecular weight excluding hydrogens is 355 g/mol. The van der Waals surface area contributed by atoms with Crippen molar-refractivity contribution in [2.24, 2.45) is 0 Å². The van der Waals surface area contributed by atoms with Gasteiger partial charge in [-0.05, 0) is 18.2 Å². The molecule has 3 aromatic heterocycles. The number of fused-ring (bicyclic) bond motifs is 3. The Balaban J connectivity index is 2.01. The number of hydrogen-bond donors (Lipinski definition) is 0. The van der Waals surface area contributed by atoms with Crippen molar-refractivity contribution in [3.63, 3.8) is 0 Å². The van der Waals surface area contributed by atoms with E-state index in [2.05, 4.69) is 9.97 Å². The van der Waals surface area contributed by atoms with Gasteiger partial charge < -0.3 is 9.64 Å². The number of nitrogens with zero attached hydrogens (tertiary/aromatic N) is 4. The van der Waals surface area contributed by atoms with Crippen LogP contribution in [0.25, 0.3) is 26.1 Å². The summed E-state index contributed by atoms with van der Waals surface area (Å²) < 4.78 is 20.6. The van der Waals surface area contributed by atoms with Crippen LogP contribution in [-0.2, 0) is 0 Å². The average Bonchev–Trinajstić information content (AvgIpc) is 3.02. The standard InChI is InChI=1S/C18H15FN4O2S/c1-22(2)12-6-7-20-17-14(12)15-16(26-17)18(24)23(9-21-15)10-4-5-11(19)13(8-10)25-3/h4-9H,1-3H3. The Morgan fingerprint density at radius 3 is 2.77 bits per heavy atom. The van der Waals surface area contributed by atoms with Gasteiger partial charge in [0.25, 0.3) is 5.56 Å². The van der Waals surface area contributed by atoms with E-state index in [1.165, 1.54) is 47.5 Å². The second-order valence-electron chi connectivity index (χ2n) is 5.92. The first kappa shape index (κ1) is 16.5. The van der Waals surface area contributed by atoms with Crippen LogP contribution >= 0.6 is 11.3 Å². The molecule has 0 aliphatic carbocycles. The van der Waals surface area contributed by atoms with Crippen LogP contribution in [0.2, 0.25) is 0 Å². The zero-order chi connectivity index (χ0) is 18.4. The molecule has 0 aliphatic heterocycles. The number of halogens is 1. The molecule has 0 atom stereocenters. The van der Waals surface area contributed by atoms with Crippen molar-refractivity contribution in [1.29, 1.82) is 0 Å². The molecule has 0 spiro atoms. The first-order valence-corrected chi connectivity index (χ1v) is 8.63. The van der Waals surface area contributed by atoms with Gasteiger partial charge in [0.1, 0.15) is 15.9 Å². The Morgan fingerprint density at radius 2 is 2.04 bits per heavy atom. The van der Waals surface area contributed by atoms with Crippen LogP contribution in [0.4, 0.5) is 10.1 Å². The summed E-state index contributed by atoms with van der Waals surface area (Å²) in [6.45, 7) is 0. The summed E-state index contributed by atoms with van der Waals surface area (Å²) in [5, 5.41) is 0.860. The van der Waals surface area contributed by atoms with E-state index in [1.807, 2.05) is 25.1 Å². The fourth-order valence-corrected chi connectivity index (χ4v) is 3.94. The third-order valence-corrected chi connectivity index (χ3v) is 5.23. The van der Waals surface area contributed by atoms with Crippen LogP contribution < -0.4 is 15.2 Å². The van der Waals surface area contributed by atoms with Crippen LogP contribution in [0.15, 0.2) is 41.6 Å². The summed E-state index contributed by atoms with van der Waals surface area (Å²) >= 11 is 1.30. The Bertz CT molecular complexity index is 1200. The molecule has 0 bridgehead atoms. The van der Waals surface area contributed by atoms with Crippen LogP contribution in [0.1, 0.15) is 0 Å². The third-order valence-electron chi connectivity index (χ3n) is 4.15. The molecule has 0 unspecified atom stereocenters. The lowest BCUT2D eigenvalue weighted by Gasteiger charge is -2.13. The number of thiophene rings is 1. The van der Waals surface area contributed by atoms with Gasteiger partial charge in [0.2, 0.25) is 0 Å². The lowest BCUT2D eigenvalue weighted by atomic mass is 10.2. The summed E-state index contributed by atoms with van der Waals surface area (Å²) in [6, 6.07) is 6.15. The minimum absolute atomic E-state index is 0.0717. The number of ether oxygens (including phenoxy) is 1. The Kier molecular flexibility index (Phi) is 3.84. The van der Waals surface area contributed by atoms with Crippen LogP contribution in [-0.4, -0.2) is 35.7 Å². The van der Waals surface area contributed by atoms with E-state index in [0.29, 0.717) is 15.9 Å². The molecule has 0 saturated heterocycles. The van der Waals surface area contributed by atoms with Gasteiger partial charge >= 0.3 is 0 Å². The van der Waals surface area contributed by atoms with Crippen molar-refractivity contribution in [3.8, 4) is 11.4 Å². The minimum atomic E-state index is -0.486. The number of anilines is 1. The third kappa shape index (κ3) is 2.41. The highest BCUT2D eigenvalue weighted by Gasteiger charge is 2.17. The van der Waals surface area contributed by atoms with E-state index in [9.17, 15) is 9.18 Å². The van der Waals surface area contributed by atoms with Crippen molar-refractivity contribution in [1.82, 2.24) is 14.5 Å².